The highest BCUT2D eigenvalue weighted by Gasteiger charge is 2.45. The normalized spacial score (nSPS) is 22.4. The zero-order valence-electron chi connectivity index (χ0n) is 9.15. The molecule has 4 heteroatoms. The Bertz CT molecular complexity index is 548. The third-order valence-corrected chi connectivity index (χ3v) is 3.20. The summed E-state index contributed by atoms with van der Waals surface area (Å²) >= 11 is 0. The van der Waals surface area contributed by atoms with E-state index in [1.54, 1.807) is 10.9 Å². The summed E-state index contributed by atoms with van der Waals surface area (Å²) in [6.45, 7) is 0. The van der Waals surface area contributed by atoms with E-state index in [0.717, 1.165) is 17.7 Å². The van der Waals surface area contributed by atoms with E-state index in [1.807, 2.05) is 36.5 Å². The lowest BCUT2D eigenvalue weighted by atomic mass is 10.1. The quantitative estimate of drug-likeness (QED) is 0.874. The molecule has 1 saturated carbocycles. The van der Waals surface area contributed by atoms with E-state index >= 15 is 0 Å². The lowest BCUT2D eigenvalue weighted by molar-refractivity contribution is -0.138. The first-order chi connectivity index (χ1) is 8.27. The number of nitrogens with zero attached hydrogens (tertiary/aromatic N) is 2. The van der Waals surface area contributed by atoms with Crippen molar-refractivity contribution >= 4 is 5.97 Å². The molecule has 0 bridgehead atoms. The summed E-state index contributed by atoms with van der Waals surface area (Å²) in [6, 6.07) is 9.71. The average molecular weight is 228 g/mol. The van der Waals surface area contributed by atoms with Crippen LogP contribution in [0.1, 0.15) is 17.9 Å². The van der Waals surface area contributed by atoms with E-state index in [4.69, 9.17) is 5.11 Å². The summed E-state index contributed by atoms with van der Waals surface area (Å²) in [4.78, 5) is 10.9. The summed E-state index contributed by atoms with van der Waals surface area (Å²) < 4.78 is 1.78. The lowest BCUT2D eigenvalue weighted by Crippen LogP contribution is -2.03. The Kier molecular flexibility index (Phi) is 2.21. The summed E-state index contributed by atoms with van der Waals surface area (Å²) in [5.74, 6) is -0.801. The third-order valence-electron chi connectivity index (χ3n) is 3.20. The molecule has 1 aromatic heterocycles. The molecule has 0 aliphatic heterocycles. The molecule has 1 aliphatic carbocycles. The molecule has 0 saturated heterocycles. The molecule has 1 aromatic carbocycles. The summed E-state index contributed by atoms with van der Waals surface area (Å²) in [5.41, 5.74) is 2.05. The zero-order valence-corrected chi connectivity index (χ0v) is 9.15. The van der Waals surface area contributed by atoms with Gasteiger partial charge in [0.1, 0.15) is 0 Å². The van der Waals surface area contributed by atoms with Gasteiger partial charge < -0.3 is 5.11 Å². The number of aromatic nitrogens is 2. The van der Waals surface area contributed by atoms with Gasteiger partial charge in [-0.3, -0.25) is 4.79 Å². The Balaban J connectivity index is 1.99. The predicted octanol–water partition coefficient (Wildman–Crippen LogP) is 2.06. The van der Waals surface area contributed by atoms with Crippen molar-refractivity contribution < 1.29 is 9.90 Å². The van der Waals surface area contributed by atoms with Crippen molar-refractivity contribution in [2.24, 2.45) is 5.92 Å². The maximum absolute atomic E-state index is 10.9. The van der Waals surface area contributed by atoms with Gasteiger partial charge in [0.05, 0.1) is 11.6 Å². The highest BCUT2D eigenvalue weighted by molar-refractivity contribution is 5.75. The molecule has 4 nitrogen and oxygen atoms in total. The van der Waals surface area contributed by atoms with Crippen molar-refractivity contribution in [3.63, 3.8) is 0 Å². The summed E-state index contributed by atoms with van der Waals surface area (Å²) in [6.07, 6.45) is 4.32. The van der Waals surface area contributed by atoms with Crippen LogP contribution in [0.5, 0.6) is 0 Å². The molecular weight excluding hydrogens is 216 g/mol. The number of carbonyl (C=O) groups is 1. The van der Waals surface area contributed by atoms with Gasteiger partial charge in [0.15, 0.2) is 0 Å². The molecule has 2 aromatic rings. The van der Waals surface area contributed by atoms with Gasteiger partial charge in [-0.2, -0.15) is 5.10 Å². The van der Waals surface area contributed by atoms with Crippen LogP contribution in [0.4, 0.5) is 0 Å². The maximum atomic E-state index is 10.9. The molecule has 86 valence electrons. The van der Waals surface area contributed by atoms with Crippen LogP contribution in [-0.2, 0) is 4.79 Å². The van der Waals surface area contributed by atoms with Gasteiger partial charge in [0, 0.05) is 18.3 Å². The van der Waals surface area contributed by atoms with Crippen LogP contribution in [0.25, 0.3) is 5.69 Å². The number of para-hydroxylation sites is 1. The van der Waals surface area contributed by atoms with Crippen LogP contribution >= 0.6 is 0 Å². The first kappa shape index (κ1) is 10.1. The Hall–Kier alpha value is -2.10. The van der Waals surface area contributed by atoms with E-state index in [-0.39, 0.29) is 11.8 Å². The first-order valence-corrected chi connectivity index (χ1v) is 5.59. The largest absolute Gasteiger partial charge is 0.481 e. The minimum Gasteiger partial charge on any atom is -0.481 e. The van der Waals surface area contributed by atoms with Crippen molar-refractivity contribution in [3.8, 4) is 5.69 Å². The molecule has 1 aliphatic rings. The number of aliphatic carboxylic acids is 1. The fraction of sp³-hybridized carbons (Fsp3) is 0.231. The molecule has 17 heavy (non-hydrogen) atoms. The molecule has 1 heterocycles. The monoisotopic (exact) mass is 228 g/mol. The fourth-order valence-electron chi connectivity index (χ4n) is 2.23. The molecule has 2 atom stereocenters. The van der Waals surface area contributed by atoms with Crippen molar-refractivity contribution in [1.82, 2.24) is 9.78 Å². The molecular formula is C13H12N2O2. The van der Waals surface area contributed by atoms with Gasteiger partial charge >= 0.3 is 5.97 Å². The van der Waals surface area contributed by atoms with Gasteiger partial charge in [-0.15, -0.1) is 0 Å². The molecule has 2 unspecified atom stereocenters. The standard InChI is InChI=1S/C13H12N2O2/c16-13(17)11-8-10(11)9-4-1-2-5-12(9)15-7-3-6-14-15/h1-7,10-11H,8H2,(H,16,17). The van der Waals surface area contributed by atoms with Crippen molar-refractivity contribution in [2.75, 3.05) is 0 Å². The maximum Gasteiger partial charge on any atom is 0.307 e. The van der Waals surface area contributed by atoms with Crippen LogP contribution in [0.15, 0.2) is 42.7 Å². The minimum absolute atomic E-state index is 0.132. The summed E-state index contributed by atoms with van der Waals surface area (Å²) in [7, 11) is 0. The number of carboxylic acids is 1. The van der Waals surface area contributed by atoms with Gasteiger partial charge in [-0.25, -0.2) is 4.68 Å². The van der Waals surface area contributed by atoms with Gasteiger partial charge in [-0.05, 0) is 24.1 Å². The Morgan fingerprint density at radius 3 is 2.82 bits per heavy atom. The number of rotatable bonds is 3. The Morgan fingerprint density at radius 1 is 1.35 bits per heavy atom. The van der Waals surface area contributed by atoms with Crippen molar-refractivity contribution in [2.45, 2.75) is 12.3 Å². The molecule has 1 fully saturated rings. The van der Waals surface area contributed by atoms with E-state index < -0.39 is 5.97 Å². The minimum atomic E-state index is -0.703. The highest BCUT2D eigenvalue weighted by Crippen LogP contribution is 2.49. The van der Waals surface area contributed by atoms with Gasteiger partial charge in [0.25, 0.3) is 0 Å². The zero-order chi connectivity index (χ0) is 11.8. The van der Waals surface area contributed by atoms with Crippen molar-refractivity contribution in [1.29, 1.82) is 0 Å². The molecule has 0 amide bonds. The van der Waals surface area contributed by atoms with Crippen LogP contribution in [0, 0.1) is 5.92 Å². The van der Waals surface area contributed by atoms with Crippen LogP contribution in [0.3, 0.4) is 0 Å². The smallest absolute Gasteiger partial charge is 0.307 e. The van der Waals surface area contributed by atoms with E-state index in [1.165, 1.54) is 0 Å². The van der Waals surface area contributed by atoms with Crippen LogP contribution < -0.4 is 0 Å². The van der Waals surface area contributed by atoms with Crippen molar-refractivity contribution in [3.05, 3.63) is 48.3 Å². The van der Waals surface area contributed by atoms with Gasteiger partial charge in [0.2, 0.25) is 0 Å². The highest BCUT2D eigenvalue weighted by atomic mass is 16.4. The lowest BCUT2D eigenvalue weighted by Gasteiger charge is -2.08. The molecule has 0 spiro atoms. The SMILES string of the molecule is O=C(O)C1CC1c1ccccc1-n1cccn1. The van der Waals surface area contributed by atoms with E-state index in [9.17, 15) is 4.79 Å². The second-order valence-electron chi connectivity index (χ2n) is 4.30. The van der Waals surface area contributed by atoms with Gasteiger partial charge in [-0.1, -0.05) is 18.2 Å². The third kappa shape index (κ3) is 1.71. The average Bonchev–Trinajstić information content (AvgIpc) is 2.96. The number of benzene rings is 1. The Morgan fingerprint density at radius 2 is 2.18 bits per heavy atom. The Labute approximate surface area is 98.5 Å². The second-order valence-corrected chi connectivity index (χ2v) is 4.30. The van der Waals surface area contributed by atoms with E-state index in [2.05, 4.69) is 5.10 Å². The van der Waals surface area contributed by atoms with Crippen LogP contribution in [0.2, 0.25) is 0 Å². The topological polar surface area (TPSA) is 55.1 Å². The second kappa shape index (κ2) is 3.73. The molecule has 0 radical (unpaired) electrons. The molecule has 3 rings (SSSR count). The number of carboxylic acid groups (broad SMARTS) is 1. The fourth-order valence-corrected chi connectivity index (χ4v) is 2.23. The van der Waals surface area contributed by atoms with Crippen LogP contribution in [-0.4, -0.2) is 20.9 Å². The number of hydrogen-bond donors (Lipinski definition) is 1. The summed E-state index contributed by atoms with van der Waals surface area (Å²) in [5, 5.41) is 13.2. The molecule has 1 N–H and O–H groups in total. The predicted molar refractivity (Wildman–Crippen MR) is 62.0 cm³/mol. The number of hydrogen-bond acceptors (Lipinski definition) is 2. The first-order valence-electron chi connectivity index (χ1n) is 5.59. The van der Waals surface area contributed by atoms with E-state index in [0.29, 0.717) is 0 Å².